The zero-order valence-electron chi connectivity index (χ0n) is 17.1. The van der Waals surface area contributed by atoms with E-state index in [0.717, 1.165) is 19.3 Å². The molecule has 158 valence electrons. The van der Waals surface area contributed by atoms with Crippen LogP contribution in [0.25, 0.3) is 0 Å². The molecule has 0 aromatic rings. The van der Waals surface area contributed by atoms with Crippen LogP contribution < -0.4 is 0 Å². The summed E-state index contributed by atoms with van der Waals surface area (Å²) < 4.78 is 9.86. The standard InChI is InChI=1S/C23H30O6/c1-3-4-5-6-7-8-9-12-15-21(28-20(2)26)16-13-10-11-14-17-23(27)29-22(18-24)19-25/h4-5,7-8,15,22,24-25H,3,6,9,12,14,17-19H2,1-2H3. The summed E-state index contributed by atoms with van der Waals surface area (Å²) in [4.78, 5) is 22.6. The van der Waals surface area contributed by atoms with Crippen molar-refractivity contribution >= 4 is 11.9 Å². The van der Waals surface area contributed by atoms with Crippen LogP contribution in [0.1, 0.15) is 52.4 Å². The Morgan fingerprint density at radius 2 is 1.76 bits per heavy atom. The predicted octanol–water partition coefficient (Wildman–Crippen LogP) is 2.81. The quantitative estimate of drug-likeness (QED) is 0.171. The van der Waals surface area contributed by atoms with E-state index in [4.69, 9.17) is 19.7 Å². The van der Waals surface area contributed by atoms with Crippen molar-refractivity contribution < 1.29 is 29.3 Å². The molecule has 6 nitrogen and oxygen atoms in total. The number of rotatable bonds is 12. The van der Waals surface area contributed by atoms with Gasteiger partial charge in [0, 0.05) is 13.3 Å². The monoisotopic (exact) mass is 402 g/mol. The van der Waals surface area contributed by atoms with Crippen molar-refractivity contribution in [2.24, 2.45) is 0 Å². The Morgan fingerprint density at radius 3 is 2.41 bits per heavy atom. The molecular weight excluding hydrogens is 372 g/mol. The molecule has 0 rings (SSSR count). The second-order valence-corrected chi connectivity index (χ2v) is 5.85. The summed E-state index contributed by atoms with van der Waals surface area (Å²) in [5.41, 5.74) is 0. The van der Waals surface area contributed by atoms with Gasteiger partial charge >= 0.3 is 11.9 Å². The van der Waals surface area contributed by atoms with E-state index in [1.807, 2.05) is 0 Å². The average molecular weight is 402 g/mol. The lowest BCUT2D eigenvalue weighted by atomic mass is 10.2. The predicted molar refractivity (Wildman–Crippen MR) is 111 cm³/mol. The third kappa shape index (κ3) is 17.1. The number of carbonyl (C=O) groups excluding carboxylic acids is 2. The van der Waals surface area contributed by atoms with Gasteiger partial charge in [0.15, 0.2) is 5.76 Å². The Balaban J connectivity index is 4.47. The third-order valence-corrected chi connectivity index (χ3v) is 3.25. The minimum Gasteiger partial charge on any atom is -0.457 e. The van der Waals surface area contributed by atoms with Gasteiger partial charge in [0.25, 0.3) is 0 Å². The topological polar surface area (TPSA) is 93.1 Å². The largest absolute Gasteiger partial charge is 0.457 e. The molecule has 0 bridgehead atoms. The Bertz CT molecular complexity index is 690. The van der Waals surface area contributed by atoms with Crippen LogP contribution in [0.15, 0.2) is 36.1 Å². The van der Waals surface area contributed by atoms with Gasteiger partial charge < -0.3 is 19.7 Å². The number of aliphatic hydroxyl groups excluding tert-OH is 2. The minimum atomic E-state index is -0.908. The van der Waals surface area contributed by atoms with Crippen molar-refractivity contribution in [3.8, 4) is 23.7 Å². The highest BCUT2D eigenvalue weighted by Crippen LogP contribution is 2.03. The van der Waals surface area contributed by atoms with Crippen LogP contribution in [-0.4, -0.2) is 41.5 Å². The first kappa shape index (κ1) is 26.2. The van der Waals surface area contributed by atoms with E-state index in [2.05, 4.69) is 54.9 Å². The first-order valence-electron chi connectivity index (χ1n) is 9.62. The Hall–Kier alpha value is -2.80. The summed E-state index contributed by atoms with van der Waals surface area (Å²) in [5.74, 6) is 9.80. The van der Waals surface area contributed by atoms with Crippen molar-refractivity contribution in [2.45, 2.75) is 58.5 Å². The molecule has 0 aliphatic carbocycles. The van der Waals surface area contributed by atoms with E-state index in [1.165, 1.54) is 6.92 Å². The molecule has 0 fully saturated rings. The van der Waals surface area contributed by atoms with Gasteiger partial charge in [0.2, 0.25) is 0 Å². The normalized spacial score (nSPS) is 11.1. The maximum absolute atomic E-state index is 11.5. The Morgan fingerprint density at radius 1 is 1.03 bits per heavy atom. The van der Waals surface area contributed by atoms with Gasteiger partial charge in [0.05, 0.1) is 19.6 Å². The molecule has 0 heterocycles. The number of allylic oxidation sites excluding steroid dienone is 6. The van der Waals surface area contributed by atoms with E-state index in [1.54, 1.807) is 6.08 Å². The molecule has 2 N–H and O–H groups in total. The van der Waals surface area contributed by atoms with Gasteiger partial charge in [-0.15, -0.1) is 0 Å². The van der Waals surface area contributed by atoms with Gasteiger partial charge in [-0.3, -0.25) is 9.59 Å². The summed E-state index contributed by atoms with van der Waals surface area (Å²) in [5, 5.41) is 17.7. The molecule has 0 atom stereocenters. The van der Waals surface area contributed by atoms with Crippen LogP contribution in [0.5, 0.6) is 0 Å². The lowest BCUT2D eigenvalue weighted by Gasteiger charge is -2.11. The lowest BCUT2D eigenvalue weighted by Crippen LogP contribution is -2.25. The second kappa shape index (κ2) is 18.6. The fraction of sp³-hybridized carbons (Fsp3) is 0.478. The molecule has 0 amide bonds. The van der Waals surface area contributed by atoms with E-state index in [-0.39, 0.29) is 18.6 Å². The van der Waals surface area contributed by atoms with E-state index in [9.17, 15) is 9.59 Å². The van der Waals surface area contributed by atoms with Crippen molar-refractivity contribution in [1.82, 2.24) is 0 Å². The number of hydrogen-bond donors (Lipinski definition) is 2. The van der Waals surface area contributed by atoms with Crippen LogP contribution in [0, 0.1) is 23.7 Å². The fourth-order valence-corrected chi connectivity index (χ4v) is 1.88. The fourth-order valence-electron chi connectivity index (χ4n) is 1.88. The number of hydrogen-bond acceptors (Lipinski definition) is 6. The lowest BCUT2D eigenvalue weighted by molar-refractivity contribution is -0.153. The highest BCUT2D eigenvalue weighted by Gasteiger charge is 2.11. The summed E-state index contributed by atoms with van der Waals surface area (Å²) in [6, 6.07) is 0. The number of carbonyl (C=O) groups is 2. The maximum atomic E-state index is 11.5. The van der Waals surface area contributed by atoms with Crippen molar-refractivity contribution in [1.29, 1.82) is 0 Å². The summed E-state index contributed by atoms with van der Waals surface area (Å²) >= 11 is 0. The van der Waals surface area contributed by atoms with E-state index in [0.29, 0.717) is 6.42 Å². The number of aliphatic hydroxyl groups is 2. The third-order valence-electron chi connectivity index (χ3n) is 3.25. The molecule has 0 aromatic carbocycles. The summed E-state index contributed by atoms with van der Waals surface area (Å²) in [7, 11) is 0. The van der Waals surface area contributed by atoms with Crippen molar-refractivity contribution in [2.75, 3.05) is 13.2 Å². The number of esters is 2. The first-order chi connectivity index (χ1) is 14.0. The van der Waals surface area contributed by atoms with E-state index >= 15 is 0 Å². The van der Waals surface area contributed by atoms with Gasteiger partial charge in [0.1, 0.15) is 6.10 Å². The zero-order chi connectivity index (χ0) is 21.7. The second-order valence-electron chi connectivity index (χ2n) is 5.85. The van der Waals surface area contributed by atoms with Gasteiger partial charge in [-0.05, 0) is 49.5 Å². The molecule has 6 heteroatoms. The van der Waals surface area contributed by atoms with Crippen molar-refractivity contribution in [3.63, 3.8) is 0 Å². The Labute approximate surface area is 173 Å². The first-order valence-corrected chi connectivity index (χ1v) is 9.62. The zero-order valence-corrected chi connectivity index (χ0v) is 17.1. The van der Waals surface area contributed by atoms with Crippen LogP contribution in [0.3, 0.4) is 0 Å². The summed E-state index contributed by atoms with van der Waals surface area (Å²) in [6.45, 7) is 2.53. The van der Waals surface area contributed by atoms with Crippen molar-refractivity contribution in [3.05, 3.63) is 36.1 Å². The molecule has 0 aromatic heterocycles. The van der Waals surface area contributed by atoms with E-state index < -0.39 is 31.3 Å². The molecule has 0 unspecified atom stereocenters. The van der Waals surface area contributed by atoms with Crippen LogP contribution in [0.4, 0.5) is 0 Å². The molecular formula is C23H30O6. The molecule has 29 heavy (non-hydrogen) atoms. The highest BCUT2D eigenvalue weighted by atomic mass is 16.6. The number of ether oxygens (including phenoxy) is 2. The van der Waals surface area contributed by atoms with Gasteiger partial charge in [-0.25, -0.2) is 0 Å². The molecule has 0 aliphatic heterocycles. The summed E-state index contributed by atoms with van der Waals surface area (Å²) in [6.07, 6.45) is 12.9. The SMILES string of the molecule is CCC=CCC=CCCC=C(C#CC#CCCC(=O)OC(CO)CO)OC(C)=O. The van der Waals surface area contributed by atoms with Crippen LogP contribution >= 0.6 is 0 Å². The molecule has 0 spiro atoms. The Kier molecular flexibility index (Phi) is 16.8. The maximum Gasteiger partial charge on any atom is 0.308 e. The van der Waals surface area contributed by atoms with Crippen LogP contribution in [0.2, 0.25) is 0 Å². The molecule has 0 saturated heterocycles. The smallest absolute Gasteiger partial charge is 0.308 e. The molecule has 0 saturated carbocycles. The number of unbranched alkanes of at least 4 members (excludes halogenated alkanes) is 1. The van der Waals surface area contributed by atoms with Gasteiger partial charge in [-0.1, -0.05) is 37.1 Å². The van der Waals surface area contributed by atoms with Crippen LogP contribution in [-0.2, 0) is 19.1 Å². The highest BCUT2D eigenvalue weighted by molar-refractivity contribution is 5.70. The minimum absolute atomic E-state index is 0.0254. The molecule has 0 radical (unpaired) electrons. The average Bonchev–Trinajstić information content (AvgIpc) is 2.69. The molecule has 0 aliphatic rings. The van der Waals surface area contributed by atoms with Gasteiger partial charge in [-0.2, -0.15) is 0 Å².